The Balaban J connectivity index is 1.50. The van der Waals surface area contributed by atoms with Crippen LogP contribution in [0.3, 0.4) is 0 Å². The lowest BCUT2D eigenvalue weighted by Gasteiger charge is -2.34. The van der Waals surface area contributed by atoms with E-state index in [4.69, 9.17) is 25.4 Å². The summed E-state index contributed by atoms with van der Waals surface area (Å²) in [7, 11) is 1.80. The number of carboxylic acids is 1. The fourth-order valence-corrected chi connectivity index (χ4v) is 4.94. The van der Waals surface area contributed by atoms with Crippen molar-refractivity contribution < 1.29 is 38.0 Å². The molecule has 13 heteroatoms. The van der Waals surface area contributed by atoms with Crippen molar-refractivity contribution in [3.05, 3.63) is 65.4 Å². The number of halogens is 2. The fraction of sp³-hybridized carbons (Fsp3) is 0.310. The van der Waals surface area contributed by atoms with Gasteiger partial charge in [-0.2, -0.15) is 4.39 Å². The van der Waals surface area contributed by atoms with Crippen LogP contribution in [0.2, 0.25) is 0 Å². The number of phenolic OH excluding ortho intramolecular Hbond substituents is 1. The van der Waals surface area contributed by atoms with E-state index in [2.05, 4.69) is 9.98 Å². The number of aromatic nitrogens is 1. The molecule has 0 amide bonds. The normalized spacial score (nSPS) is 16.1. The first-order valence-electron chi connectivity index (χ1n) is 13.3. The summed E-state index contributed by atoms with van der Waals surface area (Å²) in [6, 6.07) is 8.25. The highest BCUT2D eigenvalue weighted by atomic mass is 19.1. The highest BCUT2D eigenvalue weighted by Gasteiger charge is 2.42. The van der Waals surface area contributed by atoms with E-state index in [1.165, 1.54) is 30.3 Å². The predicted molar refractivity (Wildman–Crippen MR) is 148 cm³/mol. The van der Waals surface area contributed by atoms with Gasteiger partial charge in [-0.05, 0) is 62.1 Å². The van der Waals surface area contributed by atoms with Gasteiger partial charge in [0.2, 0.25) is 17.2 Å². The maximum Gasteiger partial charge on any atom is 0.348 e. The Kier molecular flexibility index (Phi) is 7.83. The van der Waals surface area contributed by atoms with Crippen LogP contribution in [0.1, 0.15) is 43.2 Å². The molecular weight excluding hydrogens is 552 g/mol. The van der Waals surface area contributed by atoms with Crippen LogP contribution in [0.25, 0.3) is 0 Å². The molecule has 2 aromatic carbocycles. The van der Waals surface area contributed by atoms with Crippen molar-refractivity contribution in [3.8, 4) is 34.6 Å². The van der Waals surface area contributed by atoms with Crippen LogP contribution in [0.4, 0.5) is 8.78 Å². The van der Waals surface area contributed by atoms with Gasteiger partial charge in [0, 0.05) is 19.2 Å². The maximum atomic E-state index is 15.6. The molecule has 0 radical (unpaired) electrons. The molecule has 1 fully saturated rings. The van der Waals surface area contributed by atoms with Crippen molar-refractivity contribution in [2.75, 3.05) is 20.1 Å². The lowest BCUT2D eigenvalue weighted by molar-refractivity contribution is -0.158. The molecule has 1 aliphatic heterocycles. The van der Waals surface area contributed by atoms with E-state index in [1.807, 2.05) is 4.90 Å². The zero-order valence-electron chi connectivity index (χ0n) is 22.7. The van der Waals surface area contributed by atoms with Crippen LogP contribution in [0.5, 0.6) is 34.6 Å². The summed E-state index contributed by atoms with van der Waals surface area (Å²) in [5.74, 6) is -5.18. The topological polar surface area (TPSA) is 164 Å². The summed E-state index contributed by atoms with van der Waals surface area (Å²) < 4.78 is 47.7. The van der Waals surface area contributed by atoms with Crippen molar-refractivity contribution in [3.63, 3.8) is 0 Å². The Bertz CT molecular complexity index is 1570. The van der Waals surface area contributed by atoms with Gasteiger partial charge in [0.05, 0.1) is 18.3 Å². The molecule has 2 heterocycles. The Morgan fingerprint density at radius 1 is 1.10 bits per heavy atom. The van der Waals surface area contributed by atoms with Crippen LogP contribution in [0.15, 0.2) is 47.6 Å². The number of likely N-dealkylation sites (N-methyl/N-ethyl adjacent to an activating group) is 1. The average Bonchev–Trinajstić information content (AvgIpc) is 3.40. The molecule has 1 saturated carbocycles. The Morgan fingerprint density at radius 2 is 1.86 bits per heavy atom. The molecule has 0 bridgehead atoms. The van der Waals surface area contributed by atoms with Crippen LogP contribution >= 0.6 is 0 Å². The molecule has 220 valence electrons. The van der Waals surface area contributed by atoms with Crippen LogP contribution in [0, 0.1) is 17.0 Å². The van der Waals surface area contributed by atoms with Crippen molar-refractivity contribution in [2.45, 2.75) is 37.7 Å². The lowest BCUT2D eigenvalue weighted by Crippen LogP contribution is -2.46. The molecule has 3 aromatic rings. The first-order chi connectivity index (χ1) is 20.1. The number of phenols is 1. The van der Waals surface area contributed by atoms with E-state index in [1.54, 1.807) is 13.1 Å². The van der Waals surface area contributed by atoms with Crippen LogP contribution in [-0.4, -0.2) is 63.5 Å². The monoisotopic (exact) mass is 581 g/mol. The van der Waals surface area contributed by atoms with Gasteiger partial charge in [0.1, 0.15) is 23.2 Å². The minimum absolute atomic E-state index is 0.0271. The predicted octanol–water partition coefficient (Wildman–Crippen LogP) is 4.79. The van der Waals surface area contributed by atoms with Gasteiger partial charge in [0.15, 0.2) is 17.3 Å². The Labute approximate surface area is 239 Å². The zero-order valence-corrected chi connectivity index (χ0v) is 22.7. The molecule has 0 unspecified atom stereocenters. The summed E-state index contributed by atoms with van der Waals surface area (Å²) in [6.07, 6.45) is 3.79. The van der Waals surface area contributed by atoms with Crippen molar-refractivity contribution in [1.29, 1.82) is 5.41 Å². The number of hydrogen-bond acceptors (Lipinski definition) is 9. The van der Waals surface area contributed by atoms with Gasteiger partial charge in [-0.3, -0.25) is 10.4 Å². The number of nitrogens with one attached hydrogen (secondary N) is 1. The number of nitrogens with two attached hydrogens (primary N) is 1. The lowest BCUT2D eigenvalue weighted by atomic mass is 9.84. The number of rotatable bonds is 9. The molecule has 42 heavy (non-hydrogen) atoms. The van der Waals surface area contributed by atoms with Gasteiger partial charge in [0.25, 0.3) is 5.88 Å². The number of aromatic hydroxyl groups is 1. The molecule has 1 aliphatic carbocycles. The molecular formula is C29H29F2N5O6. The number of aliphatic imine (C=N–C) groups is 1. The SMILES string of the molecule is CN1CCN=C1c1cc(OC2(C(=O)O)CCCCC2)ccc1Oc1c(F)cnc(Oc2cc(C(=N)N)ccc2O)c1F. The van der Waals surface area contributed by atoms with Gasteiger partial charge >= 0.3 is 5.97 Å². The van der Waals surface area contributed by atoms with Crippen LogP contribution in [-0.2, 0) is 4.79 Å². The van der Waals surface area contributed by atoms with E-state index >= 15 is 4.39 Å². The third kappa shape index (κ3) is 5.62. The van der Waals surface area contributed by atoms with Crippen LogP contribution < -0.4 is 19.9 Å². The van der Waals surface area contributed by atoms with E-state index < -0.39 is 34.8 Å². The molecule has 5 rings (SSSR count). The Hall–Kier alpha value is -4.94. The van der Waals surface area contributed by atoms with Gasteiger partial charge in [-0.25, -0.2) is 14.2 Å². The summed E-state index contributed by atoms with van der Waals surface area (Å²) in [5, 5.41) is 27.7. The van der Waals surface area contributed by atoms with Gasteiger partial charge < -0.3 is 35.1 Å². The third-order valence-electron chi connectivity index (χ3n) is 7.20. The highest BCUT2D eigenvalue weighted by Crippen LogP contribution is 2.40. The van der Waals surface area contributed by atoms with E-state index in [0.29, 0.717) is 43.5 Å². The minimum Gasteiger partial charge on any atom is -0.504 e. The molecule has 0 saturated heterocycles. The number of carboxylic acid groups (broad SMARTS) is 1. The second kappa shape index (κ2) is 11.5. The van der Waals surface area contributed by atoms with Crippen molar-refractivity contribution >= 4 is 17.6 Å². The zero-order chi connectivity index (χ0) is 30.0. The maximum absolute atomic E-state index is 15.6. The van der Waals surface area contributed by atoms with Gasteiger partial charge in [-0.1, -0.05) is 6.42 Å². The highest BCUT2D eigenvalue weighted by molar-refractivity contribution is 6.02. The number of ether oxygens (including phenoxy) is 3. The fourth-order valence-electron chi connectivity index (χ4n) is 4.94. The van der Waals surface area contributed by atoms with Gasteiger partial charge in [-0.15, -0.1) is 0 Å². The van der Waals surface area contributed by atoms with E-state index in [9.17, 15) is 19.4 Å². The quantitative estimate of drug-likeness (QED) is 0.205. The molecule has 1 aromatic heterocycles. The average molecular weight is 582 g/mol. The van der Waals surface area contributed by atoms with E-state index in [0.717, 1.165) is 19.3 Å². The first-order valence-corrected chi connectivity index (χ1v) is 13.3. The number of hydrogen-bond donors (Lipinski definition) is 4. The largest absolute Gasteiger partial charge is 0.504 e. The molecule has 11 nitrogen and oxygen atoms in total. The van der Waals surface area contributed by atoms with Crippen molar-refractivity contribution in [1.82, 2.24) is 9.88 Å². The molecule has 0 spiro atoms. The number of amidine groups is 2. The number of nitrogen functional groups attached to an aromatic ring is 1. The number of carbonyl (C=O) groups is 1. The van der Waals surface area contributed by atoms with Crippen molar-refractivity contribution in [2.24, 2.45) is 10.7 Å². The summed E-state index contributed by atoms with van der Waals surface area (Å²) in [6.45, 7) is 1.08. The number of benzene rings is 2. The first kappa shape index (κ1) is 28.6. The smallest absolute Gasteiger partial charge is 0.348 e. The Morgan fingerprint density at radius 3 is 2.52 bits per heavy atom. The summed E-state index contributed by atoms with van der Waals surface area (Å²) >= 11 is 0. The number of pyridine rings is 1. The molecule has 0 atom stereocenters. The number of nitrogens with zero attached hydrogens (tertiary/aromatic N) is 3. The second-order valence-electron chi connectivity index (χ2n) is 10.1. The summed E-state index contributed by atoms with van der Waals surface area (Å²) in [4.78, 5) is 22.2. The number of aliphatic carboxylic acids is 1. The summed E-state index contributed by atoms with van der Waals surface area (Å²) in [5.41, 5.74) is 4.65. The van der Waals surface area contributed by atoms with E-state index in [-0.39, 0.29) is 34.4 Å². The second-order valence-corrected chi connectivity index (χ2v) is 10.1. The molecule has 5 N–H and O–H groups in total. The molecule has 2 aliphatic rings. The third-order valence-corrected chi connectivity index (χ3v) is 7.20. The standard InChI is InChI=1S/C29H29F2N5O6/c1-36-12-11-34-26(36)18-14-17(42-29(28(38)39)9-3-2-4-10-29)6-8-21(18)40-24-19(30)15-35-27(23(24)31)41-22-13-16(25(32)33)5-7-20(22)37/h5-8,13-15,37H,2-4,9-12H2,1H3,(H3,32,33)(H,38,39). The minimum atomic E-state index is -1.37.